The molecule has 5 nitrogen and oxygen atoms in total. The first-order valence-electron chi connectivity index (χ1n) is 6.67. The number of carboxylic acids is 1. The number of rotatable bonds is 5. The number of aliphatic carboxylic acids is 1. The highest BCUT2D eigenvalue weighted by Crippen LogP contribution is 2.59. The minimum absolute atomic E-state index is 0.00251. The summed E-state index contributed by atoms with van der Waals surface area (Å²) >= 11 is 0. The molecule has 1 saturated carbocycles. The van der Waals surface area contributed by atoms with Crippen LogP contribution < -0.4 is 0 Å². The topological polar surface area (TPSA) is 66.8 Å². The summed E-state index contributed by atoms with van der Waals surface area (Å²) in [6.07, 6.45) is 2.90. The average Bonchev–Trinajstić information content (AvgIpc) is 3.05. The first kappa shape index (κ1) is 13.3. The number of nitrogens with zero attached hydrogens (tertiary/aromatic N) is 1. The molecule has 1 saturated heterocycles. The van der Waals surface area contributed by atoms with Gasteiger partial charge in [-0.25, -0.2) is 0 Å². The fourth-order valence-electron chi connectivity index (χ4n) is 2.91. The first-order chi connectivity index (χ1) is 8.59. The zero-order chi connectivity index (χ0) is 13.2. The molecule has 1 atom stereocenters. The number of carbonyl (C=O) groups excluding carboxylic acids is 1. The molecule has 1 heterocycles. The van der Waals surface area contributed by atoms with Gasteiger partial charge in [0.1, 0.15) is 0 Å². The maximum atomic E-state index is 11.8. The van der Waals surface area contributed by atoms with E-state index in [2.05, 4.69) is 0 Å². The van der Waals surface area contributed by atoms with Crippen LogP contribution in [0.3, 0.4) is 0 Å². The highest BCUT2D eigenvalue weighted by Gasteiger charge is 2.59. The number of piperidine rings is 1. The normalized spacial score (nSPS) is 25.2. The second kappa shape index (κ2) is 5.26. The first-order valence-corrected chi connectivity index (χ1v) is 6.67. The molecule has 2 rings (SSSR count). The van der Waals surface area contributed by atoms with Crippen LogP contribution in [0.1, 0.15) is 32.6 Å². The average molecular weight is 255 g/mol. The van der Waals surface area contributed by atoms with Gasteiger partial charge in [-0.1, -0.05) is 0 Å². The molecule has 1 aliphatic carbocycles. The van der Waals surface area contributed by atoms with Gasteiger partial charge in [-0.2, -0.15) is 0 Å². The molecule has 1 amide bonds. The Bertz CT molecular complexity index is 334. The van der Waals surface area contributed by atoms with Crippen LogP contribution >= 0.6 is 0 Å². The van der Waals surface area contributed by atoms with Crippen LogP contribution in [0.15, 0.2) is 0 Å². The molecule has 0 aromatic carbocycles. The molecule has 2 fully saturated rings. The summed E-state index contributed by atoms with van der Waals surface area (Å²) in [5.74, 6) is -0.713. The van der Waals surface area contributed by atoms with Crippen LogP contribution in [0.4, 0.5) is 0 Å². The highest BCUT2D eigenvalue weighted by atomic mass is 16.5. The van der Waals surface area contributed by atoms with Crippen molar-refractivity contribution < 1.29 is 19.4 Å². The Balaban J connectivity index is 1.74. The molecule has 0 radical (unpaired) electrons. The number of hydrogen-bond acceptors (Lipinski definition) is 3. The maximum absolute atomic E-state index is 11.8. The van der Waals surface area contributed by atoms with Crippen LogP contribution in [-0.4, -0.2) is 48.2 Å². The largest absolute Gasteiger partial charge is 0.481 e. The molecule has 1 spiro atoms. The van der Waals surface area contributed by atoms with E-state index >= 15 is 0 Å². The summed E-state index contributed by atoms with van der Waals surface area (Å²) < 4.78 is 5.17. The Morgan fingerprint density at radius 1 is 1.39 bits per heavy atom. The lowest BCUT2D eigenvalue weighted by Gasteiger charge is -2.32. The number of hydrogen-bond donors (Lipinski definition) is 1. The van der Waals surface area contributed by atoms with Gasteiger partial charge in [0.05, 0.1) is 18.9 Å². The number of ether oxygens (including phenoxy) is 1. The summed E-state index contributed by atoms with van der Waals surface area (Å²) in [5.41, 5.74) is 0.00251. The van der Waals surface area contributed by atoms with Crippen LogP contribution in [0, 0.1) is 11.3 Å². The van der Waals surface area contributed by atoms with Crippen molar-refractivity contribution in [3.05, 3.63) is 0 Å². The van der Waals surface area contributed by atoms with E-state index in [1.807, 2.05) is 11.8 Å². The second-order valence-electron chi connectivity index (χ2n) is 5.29. The van der Waals surface area contributed by atoms with Crippen molar-refractivity contribution in [3.8, 4) is 0 Å². The van der Waals surface area contributed by atoms with E-state index in [9.17, 15) is 9.59 Å². The van der Waals surface area contributed by atoms with Gasteiger partial charge in [0, 0.05) is 19.7 Å². The lowest BCUT2D eigenvalue weighted by Crippen LogP contribution is -2.40. The molecule has 18 heavy (non-hydrogen) atoms. The Labute approximate surface area is 107 Å². The summed E-state index contributed by atoms with van der Waals surface area (Å²) in [4.78, 5) is 24.6. The Kier molecular flexibility index (Phi) is 3.90. The third kappa shape index (κ3) is 2.66. The van der Waals surface area contributed by atoms with Gasteiger partial charge in [-0.3, -0.25) is 9.59 Å². The molecule has 1 unspecified atom stereocenters. The van der Waals surface area contributed by atoms with Crippen molar-refractivity contribution in [2.24, 2.45) is 11.3 Å². The molecular weight excluding hydrogens is 234 g/mol. The number of likely N-dealkylation sites (tertiary alicyclic amines) is 1. The minimum atomic E-state index is -0.675. The van der Waals surface area contributed by atoms with E-state index in [1.165, 1.54) is 0 Å². The molecule has 2 aliphatic rings. The van der Waals surface area contributed by atoms with Crippen molar-refractivity contribution in [3.63, 3.8) is 0 Å². The Hall–Kier alpha value is -1.10. The highest BCUT2D eigenvalue weighted by molar-refractivity contribution is 5.77. The molecule has 102 valence electrons. The zero-order valence-corrected chi connectivity index (χ0v) is 10.9. The SMILES string of the molecule is CCOCCC(=O)N1CCC2(CC1)CC2C(=O)O. The molecule has 5 heteroatoms. The molecule has 1 aliphatic heterocycles. The van der Waals surface area contributed by atoms with E-state index in [1.54, 1.807) is 0 Å². The molecule has 0 aromatic rings. The predicted molar refractivity (Wildman–Crippen MR) is 65.1 cm³/mol. The molecular formula is C13H21NO4. The summed E-state index contributed by atoms with van der Waals surface area (Å²) in [6.45, 7) is 4.43. The van der Waals surface area contributed by atoms with Gasteiger partial charge in [0.25, 0.3) is 0 Å². The van der Waals surface area contributed by atoms with E-state index in [0.29, 0.717) is 32.7 Å². The smallest absolute Gasteiger partial charge is 0.307 e. The van der Waals surface area contributed by atoms with Crippen molar-refractivity contribution in [1.29, 1.82) is 0 Å². The fourth-order valence-corrected chi connectivity index (χ4v) is 2.91. The number of amides is 1. The van der Waals surface area contributed by atoms with Crippen LogP contribution in [0.2, 0.25) is 0 Å². The maximum Gasteiger partial charge on any atom is 0.307 e. The van der Waals surface area contributed by atoms with E-state index < -0.39 is 5.97 Å². The van der Waals surface area contributed by atoms with Crippen LogP contribution in [-0.2, 0) is 14.3 Å². The predicted octanol–water partition coefficient (Wildman–Crippen LogP) is 1.13. The summed E-state index contributed by atoms with van der Waals surface area (Å²) in [7, 11) is 0. The van der Waals surface area contributed by atoms with Crippen LogP contribution in [0.25, 0.3) is 0 Å². The standard InChI is InChI=1S/C13H21NO4/c1-2-18-8-3-11(15)14-6-4-13(5-7-14)9-10(13)12(16)17/h10H,2-9H2,1H3,(H,16,17). The third-order valence-corrected chi connectivity index (χ3v) is 4.26. The zero-order valence-electron chi connectivity index (χ0n) is 10.9. The van der Waals surface area contributed by atoms with Crippen molar-refractivity contribution in [1.82, 2.24) is 4.90 Å². The lowest BCUT2D eigenvalue weighted by molar-refractivity contribution is -0.140. The van der Waals surface area contributed by atoms with E-state index in [4.69, 9.17) is 9.84 Å². The van der Waals surface area contributed by atoms with Gasteiger partial charge < -0.3 is 14.7 Å². The fraction of sp³-hybridized carbons (Fsp3) is 0.846. The lowest BCUT2D eigenvalue weighted by atomic mass is 9.90. The van der Waals surface area contributed by atoms with Gasteiger partial charge in [-0.15, -0.1) is 0 Å². The van der Waals surface area contributed by atoms with Crippen molar-refractivity contribution >= 4 is 11.9 Å². The summed E-state index contributed by atoms with van der Waals surface area (Å²) in [5, 5.41) is 8.99. The van der Waals surface area contributed by atoms with Gasteiger partial charge in [0.2, 0.25) is 5.91 Å². The molecule has 0 bridgehead atoms. The number of carbonyl (C=O) groups is 2. The summed E-state index contributed by atoms with van der Waals surface area (Å²) in [6, 6.07) is 0. The third-order valence-electron chi connectivity index (χ3n) is 4.26. The van der Waals surface area contributed by atoms with Gasteiger partial charge in [-0.05, 0) is 31.6 Å². The molecule has 0 aromatic heterocycles. The van der Waals surface area contributed by atoms with Gasteiger partial charge >= 0.3 is 5.97 Å². The molecule has 1 N–H and O–H groups in total. The quantitative estimate of drug-likeness (QED) is 0.748. The van der Waals surface area contributed by atoms with E-state index in [0.717, 1.165) is 19.3 Å². The van der Waals surface area contributed by atoms with Gasteiger partial charge in [0.15, 0.2) is 0 Å². The monoisotopic (exact) mass is 255 g/mol. The van der Waals surface area contributed by atoms with Crippen molar-refractivity contribution in [2.45, 2.75) is 32.6 Å². The number of carboxylic acid groups (broad SMARTS) is 1. The second-order valence-corrected chi connectivity index (χ2v) is 5.29. The Morgan fingerprint density at radius 3 is 2.56 bits per heavy atom. The van der Waals surface area contributed by atoms with Crippen LogP contribution in [0.5, 0.6) is 0 Å². The van der Waals surface area contributed by atoms with Crippen molar-refractivity contribution in [2.75, 3.05) is 26.3 Å². The Morgan fingerprint density at radius 2 is 2.06 bits per heavy atom. The minimum Gasteiger partial charge on any atom is -0.481 e. The van der Waals surface area contributed by atoms with E-state index in [-0.39, 0.29) is 17.2 Å².